The number of rotatable bonds is 8. The number of primary amides is 1. The lowest BCUT2D eigenvalue weighted by Crippen LogP contribution is -2.27. The van der Waals surface area contributed by atoms with Crippen LogP contribution in [0.25, 0.3) is 0 Å². The van der Waals surface area contributed by atoms with Crippen LogP contribution in [0.4, 0.5) is 5.69 Å². The molecule has 0 radical (unpaired) electrons. The molecule has 9 heteroatoms. The van der Waals surface area contributed by atoms with E-state index in [1.54, 1.807) is 24.3 Å². The van der Waals surface area contributed by atoms with Crippen molar-refractivity contribution >= 4 is 35.0 Å². The molecule has 0 saturated heterocycles. The fraction of sp³-hybridized carbons (Fsp3) is 0.250. The molecule has 0 aromatic heterocycles. The van der Waals surface area contributed by atoms with Crippen LogP contribution in [0, 0.1) is 0 Å². The van der Waals surface area contributed by atoms with Crippen molar-refractivity contribution in [3.63, 3.8) is 0 Å². The van der Waals surface area contributed by atoms with Gasteiger partial charge in [-0.3, -0.25) is 14.4 Å². The third kappa shape index (κ3) is 5.17. The Morgan fingerprint density at radius 1 is 1.17 bits per heavy atom. The average molecular weight is 418 g/mol. The van der Waals surface area contributed by atoms with Gasteiger partial charge in [0.2, 0.25) is 0 Å². The van der Waals surface area contributed by atoms with Gasteiger partial charge in [0.15, 0.2) is 18.1 Å². The molecule has 0 aliphatic heterocycles. The zero-order valence-corrected chi connectivity index (χ0v) is 16.4. The molecule has 1 fully saturated rings. The molecule has 3 amide bonds. The predicted octanol–water partition coefficient (Wildman–Crippen LogP) is 2.36. The highest BCUT2D eigenvalue weighted by Gasteiger charge is 2.25. The van der Waals surface area contributed by atoms with Gasteiger partial charge in [-0.15, -0.1) is 0 Å². The van der Waals surface area contributed by atoms with Gasteiger partial charge < -0.3 is 25.8 Å². The summed E-state index contributed by atoms with van der Waals surface area (Å²) in [5, 5.41) is 5.70. The first-order valence-electron chi connectivity index (χ1n) is 8.89. The summed E-state index contributed by atoms with van der Waals surface area (Å²) in [4.78, 5) is 36.1. The van der Waals surface area contributed by atoms with Crippen LogP contribution in [0.15, 0.2) is 36.4 Å². The van der Waals surface area contributed by atoms with Crippen molar-refractivity contribution in [2.24, 2.45) is 5.73 Å². The summed E-state index contributed by atoms with van der Waals surface area (Å²) in [6.07, 6.45) is 1.92. The highest BCUT2D eigenvalue weighted by atomic mass is 35.5. The molecule has 152 valence electrons. The predicted molar refractivity (Wildman–Crippen MR) is 108 cm³/mol. The maximum atomic E-state index is 12.7. The van der Waals surface area contributed by atoms with Gasteiger partial charge >= 0.3 is 0 Å². The van der Waals surface area contributed by atoms with Crippen LogP contribution in [0.5, 0.6) is 11.5 Å². The van der Waals surface area contributed by atoms with E-state index in [1.165, 1.54) is 19.2 Å². The second-order valence-corrected chi connectivity index (χ2v) is 6.90. The molecule has 0 bridgehead atoms. The van der Waals surface area contributed by atoms with Crippen molar-refractivity contribution < 1.29 is 23.9 Å². The van der Waals surface area contributed by atoms with Gasteiger partial charge in [0, 0.05) is 11.6 Å². The molecular formula is C20H20ClN3O5. The summed E-state index contributed by atoms with van der Waals surface area (Å²) >= 11 is 6.19. The van der Waals surface area contributed by atoms with Crippen molar-refractivity contribution in [2.75, 3.05) is 19.0 Å². The number of amides is 3. The summed E-state index contributed by atoms with van der Waals surface area (Å²) in [5.74, 6) is -1.13. The van der Waals surface area contributed by atoms with Gasteiger partial charge in [-0.05, 0) is 37.1 Å². The lowest BCUT2D eigenvalue weighted by Gasteiger charge is -2.14. The van der Waals surface area contributed by atoms with Crippen LogP contribution in [0.1, 0.15) is 33.6 Å². The Bertz CT molecular complexity index is 959. The minimum absolute atomic E-state index is 0.0792. The number of carbonyl (C=O) groups is 3. The van der Waals surface area contributed by atoms with Gasteiger partial charge in [-0.2, -0.15) is 0 Å². The summed E-state index contributed by atoms with van der Waals surface area (Å²) in [5.41, 5.74) is 6.01. The van der Waals surface area contributed by atoms with Crippen LogP contribution < -0.4 is 25.8 Å². The number of nitrogens with two attached hydrogens (primary N) is 1. The highest BCUT2D eigenvalue weighted by Crippen LogP contribution is 2.36. The Balaban J connectivity index is 1.81. The third-order valence-electron chi connectivity index (χ3n) is 4.18. The number of nitrogens with one attached hydrogen (secondary N) is 2. The van der Waals surface area contributed by atoms with Crippen molar-refractivity contribution in [2.45, 2.75) is 18.9 Å². The Labute approximate surface area is 172 Å². The van der Waals surface area contributed by atoms with Crippen molar-refractivity contribution in [1.82, 2.24) is 5.32 Å². The van der Waals surface area contributed by atoms with E-state index in [0.29, 0.717) is 11.3 Å². The second-order valence-electron chi connectivity index (χ2n) is 6.49. The fourth-order valence-electron chi connectivity index (χ4n) is 2.61. The number of hydrogen-bond acceptors (Lipinski definition) is 5. The molecule has 4 N–H and O–H groups in total. The van der Waals surface area contributed by atoms with Crippen LogP contribution in [0.3, 0.4) is 0 Å². The van der Waals surface area contributed by atoms with Crippen LogP contribution in [0.2, 0.25) is 5.02 Å². The number of ether oxygens (including phenoxy) is 2. The number of para-hydroxylation sites is 1. The molecule has 1 aliphatic carbocycles. The number of carbonyl (C=O) groups excluding carboxylic acids is 3. The Morgan fingerprint density at radius 2 is 1.90 bits per heavy atom. The number of hydrogen-bond donors (Lipinski definition) is 3. The lowest BCUT2D eigenvalue weighted by molar-refractivity contribution is -0.119. The quantitative estimate of drug-likeness (QED) is 0.609. The molecule has 0 spiro atoms. The normalized spacial score (nSPS) is 12.8. The molecule has 3 rings (SSSR count). The number of benzene rings is 2. The number of halogens is 1. The Kier molecular flexibility index (Phi) is 6.23. The molecule has 0 heterocycles. The van der Waals surface area contributed by atoms with Crippen molar-refractivity contribution in [1.29, 1.82) is 0 Å². The smallest absolute Gasteiger partial charge is 0.255 e. The zero-order valence-electron chi connectivity index (χ0n) is 15.7. The third-order valence-corrected chi connectivity index (χ3v) is 4.46. The molecule has 0 atom stereocenters. The van der Waals surface area contributed by atoms with Gasteiger partial charge in [0.05, 0.1) is 23.4 Å². The van der Waals surface area contributed by atoms with Crippen LogP contribution in [-0.4, -0.2) is 37.5 Å². The summed E-state index contributed by atoms with van der Waals surface area (Å²) in [6, 6.07) is 9.72. The summed E-state index contributed by atoms with van der Waals surface area (Å²) < 4.78 is 10.5. The second kappa shape index (κ2) is 8.83. The highest BCUT2D eigenvalue weighted by molar-refractivity contribution is 6.33. The maximum absolute atomic E-state index is 12.7. The average Bonchev–Trinajstić information content (AvgIpc) is 3.50. The molecule has 2 aromatic rings. The van der Waals surface area contributed by atoms with E-state index in [9.17, 15) is 14.4 Å². The van der Waals surface area contributed by atoms with Gasteiger partial charge in [-0.1, -0.05) is 23.7 Å². The van der Waals surface area contributed by atoms with Gasteiger partial charge in [0.1, 0.15) is 0 Å². The summed E-state index contributed by atoms with van der Waals surface area (Å²) in [6.45, 7) is -0.384. The lowest BCUT2D eigenvalue weighted by atomic mass is 10.1. The summed E-state index contributed by atoms with van der Waals surface area (Å²) in [7, 11) is 1.38. The zero-order chi connectivity index (χ0) is 21.0. The Morgan fingerprint density at radius 3 is 2.55 bits per heavy atom. The molecular weight excluding hydrogens is 398 g/mol. The number of methoxy groups -OCH3 is 1. The van der Waals surface area contributed by atoms with Crippen molar-refractivity contribution in [3.8, 4) is 11.5 Å². The van der Waals surface area contributed by atoms with E-state index in [4.69, 9.17) is 26.8 Å². The van der Waals surface area contributed by atoms with E-state index < -0.39 is 11.8 Å². The minimum Gasteiger partial charge on any atom is -0.493 e. The van der Waals surface area contributed by atoms with E-state index in [-0.39, 0.29) is 40.6 Å². The first-order chi connectivity index (χ1) is 13.9. The maximum Gasteiger partial charge on any atom is 0.255 e. The first-order valence-corrected chi connectivity index (χ1v) is 9.26. The molecule has 8 nitrogen and oxygen atoms in total. The van der Waals surface area contributed by atoms with Crippen LogP contribution in [-0.2, 0) is 4.79 Å². The standard InChI is InChI=1S/C20H20ClN3O5/c1-28-16-9-11(8-14(21)18(16)29-10-17(22)25)19(26)24-15-5-3-2-4-13(15)20(27)23-12-6-7-12/h2-5,8-9,12H,6-7,10H2,1H3,(H2,22,25)(H,23,27)(H,24,26). The molecule has 0 unspecified atom stereocenters. The Hall–Kier alpha value is -3.26. The van der Waals surface area contributed by atoms with E-state index in [0.717, 1.165) is 12.8 Å². The largest absolute Gasteiger partial charge is 0.493 e. The monoisotopic (exact) mass is 417 g/mol. The molecule has 2 aromatic carbocycles. The first kappa shape index (κ1) is 20.5. The topological polar surface area (TPSA) is 120 Å². The molecule has 29 heavy (non-hydrogen) atoms. The molecule has 1 saturated carbocycles. The fourth-order valence-corrected chi connectivity index (χ4v) is 2.87. The van der Waals surface area contributed by atoms with Crippen LogP contribution >= 0.6 is 11.6 Å². The van der Waals surface area contributed by atoms with E-state index in [2.05, 4.69) is 10.6 Å². The van der Waals surface area contributed by atoms with Gasteiger partial charge in [-0.25, -0.2) is 0 Å². The van der Waals surface area contributed by atoms with E-state index >= 15 is 0 Å². The minimum atomic E-state index is -0.675. The number of anilines is 1. The molecule has 1 aliphatic rings. The van der Waals surface area contributed by atoms with Gasteiger partial charge in [0.25, 0.3) is 17.7 Å². The van der Waals surface area contributed by atoms with E-state index in [1.807, 2.05) is 0 Å². The van der Waals surface area contributed by atoms with Crippen molar-refractivity contribution in [3.05, 3.63) is 52.5 Å². The SMILES string of the molecule is COc1cc(C(=O)Nc2ccccc2C(=O)NC2CC2)cc(Cl)c1OCC(N)=O.